The fourth-order valence-corrected chi connectivity index (χ4v) is 2.26. The van der Waals surface area contributed by atoms with Crippen molar-refractivity contribution in [3.8, 4) is 11.5 Å². The van der Waals surface area contributed by atoms with Gasteiger partial charge in [-0.25, -0.2) is 0 Å². The van der Waals surface area contributed by atoms with Crippen LogP contribution in [0.15, 0.2) is 18.2 Å². The number of ether oxygens (including phenoxy) is 4. The van der Waals surface area contributed by atoms with Crippen molar-refractivity contribution in [1.29, 1.82) is 0 Å². The Balaban J connectivity index is 3.01. The van der Waals surface area contributed by atoms with Gasteiger partial charge in [0.05, 0.1) is 40.3 Å². The molecule has 128 valence electrons. The highest BCUT2D eigenvalue weighted by molar-refractivity contribution is 5.75. The number of hydrogen-bond donors (Lipinski definition) is 0. The van der Waals surface area contributed by atoms with Crippen LogP contribution in [0.25, 0.3) is 0 Å². The van der Waals surface area contributed by atoms with E-state index in [1.54, 1.807) is 33.1 Å². The highest BCUT2D eigenvalue weighted by Gasteiger charge is 2.22. The molecule has 1 aromatic carbocycles. The van der Waals surface area contributed by atoms with Crippen molar-refractivity contribution < 1.29 is 28.5 Å². The second-order valence-electron chi connectivity index (χ2n) is 4.83. The van der Waals surface area contributed by atoms with Gasteiger partial charge in [-0.3, -0.25) is 9.59 Å². The van der Waals surface area contributed by atoms with Crippen molar-refractivity contribution >= 4 is 11.9 Å². The average Bonchev–Trinajstić information content (AvgIpc) is 2.54. The van der Waals surface area contributed by atoms with Gasteiger partial charge in [0.1, 0.15) is 0 Å². The smallest absolute Gasteiger partial charge is 0.306 e. The van der Waals surface area contributed by atoms with Gasteiger partial charge in [-0.05, 0) is 31.5 Å². The Morgan fingerprint density at radius 1 is 0.913 bits per heavy atom. The molecule has 0 saturated carbocycles. The van der Waals surface area contributed by atoms with Gasteiger partial charge in [-0.2, -0.15) is 0 Å². The van der Waals surface area contributed by atoms with Crippen LogP contribution in [0.4, 0.5) is 0 Å². The van der Waals surface area contributed by atoms with Gasteiger partial charge < -0.3 is 18.9 Å². The molecule has 0 amide bonds. The lowest BCUT2D eigenvalue weighted by atomic mass is 9.92. The summed E-state index contributed by atoms with van der Waals surface area (Å²) in [5.74, 6) is 0.0889. The molecule has 1 aromatic rings. The summed E-state index contributed by atoms with van der Waals surface area (Å²) in [6, 6.07) is 5.32. The largest absolute Gasteiger partial charge is 0.493 e. The number of carbonyl (C=O) groups excluding carboxylic acids is 2. The molecule has 0 atom stereocenters. The molecule has 0 spiro atoms. The van der Waals surface area contributed by atoms with Crippen LogP contribution in [-0.2, 0) is 19.1 Å². The van der Waals surface area contributed by atoms with Crippen LogP contribution in [0.5, 0.6) is 11.5 Å². The molecule has 0 unspecified atom stereocenters. The van der Waals surface area contributed by atoms with Crippen molar-refractivity contribution in [1.82, 2.24) is 0 Å². The van der Waals surface area contributed by atoms with Crippen molar-refractivity contribution in [2.24, 2.45) is 0 Å². The summed E-state index contributed by atoms with van der Waals surface area (Å²) in [4.78, 5) is 23.6. The SMILES string of the molecule is CCOC(=O)CC(CC(=O)OCC)c1ccc(OC)c(OC)c1. The zero-order valence-electron chi connectivity index (χ0n) is 14.1. The highest BCUT2D eigenvalue weighted by atomic mass is 16.5. The van der Waals surface area contributed by atoms with Gasteiger partial charge in [-0.15, -0.1) is 0 Å². The van der Waals surface area contributed by atoms with Crippen LogP contribution in [0.2, 0.25) is 0 Å². The molecular weight excluding hydrogens is 300 g/mol. The van der Waals surface area contributed by atoms with Crippen molar-refractivity contribution in [2.45, 2.75) is 32.6 Å². The molecule has 1 rings (SSSR count). The Morgan fingerprint density at radius 2 is 1.43 bits per heavy atom. The molecule has 0 fully saturated rings. The third kappa shape index (κ3) is 5.81. The van der Waals surface area contributed by atoms with E-state index in [-0.39, 0.29) is 30.7 Å². The van der Waals surface area contributed by atoms with Gasteiger partial charge in [0, 0.05) is 5.92 Å². The minimum Gasteiger partial charge on any atom is -0.493 e. The van der Waals surface area contributed by atoms with E-state index in [1.165, 1.54) is 7.11 Å². The van der Waals surface area contributed by atoms with E-state index in [0.717, 1.165) is 5.56 Å². The molecule has 0 aliphatic rings. The molecule has 6 heteroatoms. The maximum atomic E-state index is 11.8. The fourth-order valence-electron chi connectivity index (χ4n) is 2.26. The Morgan fingerprint density at radius 3 is 1.87 bits per heavy atom. The average molecular weight is 324 g/mol. The third-order valence-corrected chi connectivity index (χ3v) is 3.32. The normalized spacial score (nSPS) is 10.3. The van der Waals surface area contributed by atoms with Gasteiger partial charge in [0.25, 0.3) is 0 Å². The van der Waals surface area contributed by atoms with E-state index >= 15 is 0 Å². The first-order valence-corrected chi connectivity index (χ1v) is 7.58. The minimum absolute atomic E-state index is 0.0993. The number of hydrogen-bond acceptors (Lipinski definition) is 6. The second-order valence-corrected chi connectivity index (χ2v) is 4.83. The first-order valence-electron chi connectivity index (χ1n) is 7.58. The number of esters is 2. The molecule has 0 aliphatic carbocycles. The van der Waals surface area contributed by atoms with Crippen molar-refractivity contribution in [3.63, 3.8) is 0 Å². The van der Waals surface area contributed by atoms with E-state index in [9.17, 15) is 9.59 Å². The summed E-state index contributed by atoms with van der Waals surface area (Å²) < 4.78 is 20.5. The summed E-state index contributed by atoms with van der Waals surface area (Å²) in [6.45, 7) is 4.09. The first-order chi connectivity index (χ1) is 11.0. The predicted molar refractivity (Wildman–Crippen MR) is 84.8 cm³/mol. The second kappa shape index (κ2) is 9.71. The standard InChI is InChI=1S/C17H24O6/c1-5-22-16(18)10-13(11-17(19)23-6-2)12-7-8-14(20-3)15(9-12)21-4/h7-9,13H,5-6,10-11H2,1-4H3. The highest BCUT2D eigenvalue weighted by Crippen LogP contribution is 2.33. The molecular formula is C17H24O6. The molecule has 23 heavy (non-hydrogen) atoms. The predicted octanol–water partition coefficient (Wildman–Crippen LogP) is 2.69. The Bertz CT molecular complexity index is 506. The maximum Gasteiger partial charge on any atom is 0.306 e. The molecule has 6 nitrogen and oxygen atoms in total. The monoisotopic (exact) mass is 324 g/mol. The molecule has 0 radical (unpaired) electrons. The molecule has 0 N–H and O–H groups in total. The van der Waals surface area contributed by atoms with Gasteiger partial charge in [-0.1, -0.05) is 6.07 Å². The van der Waals surface area contributed by atoms with Gasteiger partial charge >= 0.3 is 11.9 Å². The molecule has 0 bridgehead atoms. The number of methoxy groups -OCH3 is 2. The van der Waals surface area contributed by atoms with Crippen molar-refractivity contribution in [2.75, 3.05) is 27.4 Å². The van der Waals surface area contributed by atoms with Crippen LogP contribution in [-0.4, -0.2) is 39.4 Å². The van der Waals surface area contributed by atoms with E-state index in [2.05, 4.69) is 0 Å². The molecule has 0 heterocycles. The van der Waals surface area contributed by atoms with E-state index in [1.807, 2.05) is 6.07 Å². The van der Waals surface area contributed by atoms with Crippen molar-refractivity contribution in [3.05, 3.63) is 23.8 Å². The summed E-state index contributed by atoms with van der Waals surface area (Å²) >= 11 is 0. The summed E-state index contributed by atoms with van der Waals surface area (Å²) in [7, 11) is 3.08. The summed E-state index contributed by atoms with van der Waals surface area (Å²) in [6.07, 6.45) is 0.199. The van der Waals surface area contributed by atoms with E-state index in [0.29, 0.717) is 24.7 Å². The topological polar surface area (TPSA) is 71.1 Å². The lowest BCUT2D eigenvalue weighted by Crippen LogP contribution is -2.15. The first kappa shape index (κ1) is 18.8. The van der Waals surface area contributed by atoms with Crippen LogP contribution in [0, 0.1) is 0 Å². The fraction of sp³-hybridized carbons (Fsp3) is 0.529. The Hall–Kier alpha value is -2.24. The van der Waals surface area contributed by atoms with E-state index < -0.39 is 0 Å². The summed E-state index contributed by atoms with van der Waals surface area (Å²) in [5.41, 5.74) is 0.795. The van der Waals surface area contributed by atoms with Crippen LogP contribution in [0.3, 0.4) is 0 Å². The number of rotatable bonds is 9. The molecule has 0 aromatic heterocycles. The lowest BCUT2D eigenvalue weighted by Gasteiger charge is -2.17. The van der Waals surface area contributed by atoms with Gasteiger partial charge in [0.15, 0.2) is 11.5 Å². The molecule has 0 aliphatic heterocycles. The lowest BCUT2D eigenvalue weighted by molar-refractivity contribution is -0.145. The van der Waals surface area contributed by atoms with Crippen LogP contribution >= 0.6 is 0 Å². The zero-order chi connectivity index (χ0) is 17.2. The van der Waals surface area contributed by atoms with Gasteiger partial charge in [0.2, 0.25) is 0 Å². The van der Waals surface area contributed by atoms with E-state index in [4.69, 9.17) is 18.9 Å². The molecule has 0 saturated heterocycles. The number of benzene rings is 1. The Labute approximate surface area is 136 Å². The van der Waals surface area contributed by atoms with Crippen LogP contribution < -0.4 is 9.47 Å². The summed E-state index contributed by atoms with van der Waals surface area (Å²) in [5, 5.41) is 0. The van der Waals surface area contributed by atoms with Crippen LogP contribution in [0.1, 0.15) is 38.2 Å². The zero-order valence-corrected chi connectivity index (χ0v) is 14.1. The third-order valence-electron chi connectivity index (χ3n) is 3.32. The quantitative estimate of drug-likeness (QED) is 0.650. The maximum absolute atomic E-state index is 11.8. The number of carbonyl (C=O) groups is 2. The minimum atomic E-state index is -0.350. The Kier molecular flexibility index (Phi) is 7.94.